The Bertz CT molecular complexity index is 631. The van der Waals surface area contributed by atoms with Crippen LogP contribution in [0, 0.1) is 0 Å². The lowest BCUT2D eigenvalue weighted by Crippen LogP contribution is -2.27. The van der Waals surface area contributed by atoms with Gasteiger partial charge in [-0.25, -0.2) is 4.98 Å². The molecule has 21 heavy (non-hydrogen) atoms. The quantitative estimate of drug-likeness (QED) is 0.854. The summed E-state index contributed by atoms with van der Waals surface area (Å²) in [6, 6.07) is 10.3. The fourth-order valence-corrected chi connectivity index (χ4v) is 2.83. The third-order valence-corrected chi connectivity index (χ3v) is 4.24. The molecule has 0 spiro atoms. The molecular formula is C16H22N2O2S. The first-order valence-corrected chi connectivity index (χ1v) is 8.79. The van der Waals surface area contributed by atoms with E-state index < -0.39 is 10.8 Å². The second-order valence-corrected chi connectivity index (χ2v) is 6.74. The highest BCUT2D eigenvalue weighted by molar-refractivity contribution is 7.84. The summed E-state index contributed by atoms with van der Waals surface area (Å²) in [5.74, 6) is 1.52. The zero-order chi connectivity index (χ0) is 15.2. The summed E-state index contributed by atoms with van der Waals surface area (Å²) in [6.07, 6.45) is 2.64. The summed E-state index contributed by atoms with van der Waals surface area (Å²) in [6.45, 7) is 2.81. The van der Waals surface area contributed by atoms with Crippen molar-refractivity contribution in [3.05, 3.63) is 36.0 Å². The third-order valence-electron chi connectivity index (χ3n) is 3.43. The number of fused-ring (bicyclic) bond motifs is 1. The van der Waals surface area contributed by atoms with Crippen molar-refractivity contribution < 1.29 is 8.95 Å². The van der Waals surface area contributed by atoms with Gasteiger partial charge in [-0.3, -0.25) is 4.21 Å². The molecule has 0 bridgehead atoms. The molecule has 0 radical (unpaired) electrons. The van der Waals surface area contributed by atoms with E-state index in [1.807, 2.05) is 24.3 Å². The van der Waals surface area contributed by atoms with E-state index in [-0.39, 0.29) is 0 Å². The Balaban J connectivity index is 2.04. The largest absolute Gasteiger partial charge is 0.494 e. The highest BCUT2D eigenvalue weighted by atomic mass is 32.2. The summed E-state index contributed by atoms with van der Waals surface area (Å²) in [5, 5.41) is 4.50. The molecule has 1 N–H and O–H groups in total. The van der Waals surface area contributed by atoms with E-state index >= 15 is 0 Å². The lowest BCUT2D eigenvalue weighted by Gasteiger charge is -2.13. The lowest BCUT2D eigenvalue weighted by atomic mass is 10.2. The number of ether oxygens (including phenoxy) is 1. The molecule has 0 fully saturated rings. The van der Waals surface area contributed by atoms with Gasteiger partial charge in [0.15, 0.2) is 0 Å². The van der Waals surface area contributed by atoms with Crippen LogP contribution in [0.25, 0.3) is 10.9 Å². The first-order chi connectivity index (χ1) is 10.1. The van der Waals surface area contributed by atoms with Crippen molar-refractivity contribution in [2.24, 2.45) is 0 Å². The summed E-state index contributed by atoms with van der Waals surface area (Å²) in [4.78, 5) is 4.67. The number of benzene rings is 1. The van der Waals surface area contributed by atoms with Crippen LogP contribution in [0.1, 0.15) is 19.0 Å². The van der Waals surface area contributed by atoms with Gasteiger partial charge in [-0.1, -0.05) is 18.2 Å². The Labute approximate surface area is 128 Å². The summed E-state index contributed by atoms with van der Waals surface area (Å²) < 4.78 is 16.5. The van der Waals surface area contributed by atoms with Gasteiger partial charge in [0, 0.05) is 40.8 Å². The standard InChI is InChI=1S/C16H22N2O2S/c1-12(9-10-21(3)19)17-11-14-8-7-13-5-4-6-15(20-2)16(13)18-14/h4-8,12,17H,9-11H2,1-3H3. The van der Waals surface area contributed by atoms with Crippen LogP contribution in [-0.4, -0.2) is 34.4 Å². The van der Waals surface area contributed by atoms with E-state index in [2.05, 4.69) is 23.3 Å². The van der Waals surface area contributed by atoms with Gasteiger partial charge < -0.3 is 10.1 Å². The lowest BCUT2D eigenvalue weighted by molar-refractivity contribution is 0.418. The number of hydrogen-bond donors (Lipinski definition) is 1. The number of para-hydroxylation sites is 1. The minimum Gasteiger partial charge on any atom is -0.494 e. The number of rotatable bonds is 7. The number of nitrogens with zero attached hydrogens (tertiary/aromatic N) is 1. The molecule has 2 atom stereocenters. The maximum Gasteiger partial charge on any atom is 0.145 e. The van der Waals surface area contributed by atoms with Gasteiger partial charge in [0.05, 0.1) is 12.8 Å². The molecule has 2 aromatic rings. The minimum absolute atomic E-state index is 0.323. The molecule has 0 saturated carbocycles. The second-order valence-electron chi connectivity index (χ2n) is 5.18. The van der Waals surface area contributed by atoms with Gasteiger partial charge in [-0.05, 0) is 25.5 Å². The fraction of sp³-hybridized carbons (Fsp3) is 0.438. The number of pyridine rings is 1. The molecule has 1 heterocycles. The Morgan fingerprint density at radius 3 is 2.86 bits per heavy atom. The molecule has 1 aromatic carbocycles. The Hall–Kier alpha value is -1.46. The van der Waals surface area contributed by atoms with Crippen molar-refractivity contribution in [1.82, 2.24) is 10.3 Å². The predicted molar refractivity (Wildman–Crippen MR) is 88.1 cm³/mol. The Morgan fingerprint density at radius 1 is 1.33 bits per heavy atom. The molecular weight excluding hydrogens is 284 g/mol. The van der Waals surface area contributed by atoms with Crippen molar-refractivity contribution in [3.63, 3.8) is 0 Å². The van der Waals surface area contributed by atoms with Gasteiger partial charge in [-0.2, -0.15) is 0 Å². The van der Waals surface area contributed by atoms with Crippen LogP contribution in [0.3, 0.4) is 0 Å². The van der Waals surface area contributed by atoms with Crippen LogP contribution in [0.4, 0.5) is 0 Å². The average Bonchev–Trinajstić information content (AvgIpc) is 2.50. The van der Waals surface area contributed by atoms with Gasteiger partial charge in [0.2, 0.25) is 0 Å². The van der Waals surface area contributed by atoms with Crippen LogP contribution in [0.15, 0.2) is 30.3 Å². The van der Waals surface area contributed by atoms with E-state index in [1.54, 1.807) is 13.4 Å². The van der Waals surface area contributed by atoms with Crippen molar-refractivity contribution in [2.45, 2.75) is 25.9 Å². The van der Waals surface area contributed by atoms with E-state index in [9.17, 15) is 4.21 Å². The minimum atomic E-state index is -0.729. The Morgan fingerprint density at radius 2 is 2.14 bits per heavy atom. The maximum atomic E-state index is 11.1. The maximum absolute atomic E-state index is 11.1. The van der Waals surface area contributed by atoms with Crippen LogP contribution >= 0.6 is 0 Å². The predicted octanol–water partition coefficient (Wildman–Crippen LogP) is 2.49. The molecule has 0 aliphatic rings. The van der Waals surface area contributed by atoms with E-state index in [4.69, 9.17) is 4.74 Å². The first-order valence-electron chi connectivity index (χ1n) is 7.06. The van der Waals surface area contributed by atoms with Gasteiger partial charge in [0.25, 0.3) is 0 Å². The SMILES string of the molecule is COc1cccc2ccc(CNC(C)CCS(C)=O)nc12. The van der Waals surface area contributed by atoms with Crippen molar-refractivity contribution in [1.29, 1.82) is 0 Å². The molecule has 0 aliphatic heterocycles. The average molecular weight is 306 g/mol. The van der Waals surface area contributed by atoms with Crippen molar-refractivity contribution in [3.8, 4) is 5.75 Å². The van der Waals surface area contributed by atoms with Gasteiger partial charge in [0.1, 0.15) is 11.3 Å². The highest BCUT2D eigenvalue weighted by Gasteiger charge is 2.06. The van der Waals surface area contributed by atoms with Crippen LogP contribution in [-0.2, 0) is 17.3 Å². The Kier molecular flexibility index (Phi) is 5.70. The zero-order valence-electron chi connectivity index (χ0n) is 12.8. The van der Waals surface area contributed by atoms with Crippen LogP contribution in [0.5, 0.6) is 5.75 Å². The number of hydrogen-bond acceptors (Lipinski definition) is 4. The normalized spacial score (nSPS) is 14.0. The molecule has 2 rings (SSSR count). The van der Waals surface area contributed by atoms with E-state index in [1.165, 1.54) is 0 Å². The highest BCUT2D eigenvalue weighted by Crippen LogP contribution is 2.23. The smallest absolute Gasteiger partial charge is 0.145 e. The summed E-state index contributed by atoms with van der Waals surface area (Å²) in [5.41, 5.74) is 1.87. The zero-order valence-corrected chi connectivity index (χ0v) is 13.6. The number of methoxy groups -OCH3 is 1. The number of aromatic nitrogens is 1. The summed E-state index contributed by atoms with van der Waals surface area (Å²) >= 11 is 0. The molecule has 0 saturated heterocycles. The van der Waals surface area contributed by atoms with E-state index in [0.717, 1.165) is 34.5 Å². The molecule has 0 amide bonds. The molecule has 114 valence electrons. The molecule has 0 aliphatic carbocycles. The van der Waals surface area contributed by atoms with E-state index in [0.29, 0.717) is 12.6 Å². The van der Waals surface area contributed by atoms with Crippen LogP contribution < -0.4 is 10.1 Å². The first kappa shape index (κ1) is 15.9. The molecule has 4 nitrogen and oxygen atoms in total. The molecule has 2 unspecified atom stereocenters. The fourth-order valence-electron chi connectivity index (χ4n) is 2.15. The third kappa shape index (κ3) is 4.51. The van der Waals surface area contributed by atoms with Crippen LogP contribution in [0.2, 0.25) is 0 Å². The molecule has 1 aromatic heterocycles. The monoisotopic (exact) mass is 306 g/mol. The van der Waals surface area contributed by atoms with Gasteiger partial charge in [-0.15, -0.1) is 0 Å². The van der Waals surface area contributed by atoms with Crippen molar-refractivity contribution in [2.75, 3.05) is 19.1 Å². The topological polar surface area (TPSA) is 51.2 Å². The number of nitrogens with one attached hydrogen (secondary N) is 1. The summed E-state index contributed by atoms with van der Waals surface area (Å²) in [7, 11) is 0.932. The van der Waals surface area contributed by atoms with Crippen molar-refractivity contribution >= 4 is 21.7 Å². The second kappa shape index (κ2) is 7.52. The van der Waals surface area contributed by atoms with Gasteiger partial charge >= 0.3 is 0 Å². The molecule has 5 heteroatoms.